The van der Waals surface area contributed by atoms with Crippen LogP contribution >= 0.6 is 11.6 Å². The van der Waals surface area contributed by atoms with E-state index >= 15 is 0 Å². The number of amides is 3. The molecule has 0 aromatic heterocycles. The van der Waals surface area contributed by atoms with Gasteiger partial charge in [-0.2, -0.15) is 0 Å². The first-order chi connectivity index (χ1) is 12.8. The summed E-state index contributed by atoms with van der Waals surface area (Å²) in [6, 6.07) is 4.10. The van der Waals surface area contributed by atoms with Crippen molar-refractivity contribution in [2.45, 2.75) is 39.2 Å². The van der Waals surface area contributed by atoms with Crippen molar-refractivity contribution in [1.82, 2.24) is 10.2 Å². The lowest BCUT2D eigenvalue weighted by Crippen LogP contribution is -2.46. The van der Waals surface area contributed by atoms with Gasteiger partial charge in [0.1, 0.15) is 0 Å². The fourth-order valence-electron chi connectivity index (χ4n) is 2.86. The van der Waals surface area contributed by atoms with Gasteiger partial charge in [-0.15, -0.1) is 0 Å². The molecule has 1 aromatic carbocycles. The molecule has 148 valence electrons. The number of hydrogen-bond acceptors (Lipinski definition) is 4. The van der Waals surface area contributed by atoms with Crippen molar-refractivity contribution >= 4 is 35.0 Å². The van der Waals surface area contributed by atoms with E-state index in [0.29, 0.717) is 29.4 Å². The molecular weight excluding hydrogens is 368 g/mol. The maximum absolute atomic E-state index is 12.8. The highest BCUT2D eigenvalue weighted by Gasteiger charge is 2.22. The monoisotopic (exact) mass is 394 g/mol. The molecule has 27 heavy (non-hydrogen) atoms. The first-order valence-corrected chi connectivity index (χ1v) is 9.59. The Morgan fingerprint density at radius 1 is 1.19 bits per heavy atom. The van der Waals surface area contributed by atoms with Gasteiger partial charge >= 0.3 is 0 Å². The minimum atomic E-state index is -0.680. The average molecular weight is 395 g/mol. The van der Waals surface area contributed by atoms with E-state index < -0.39 is 17.9 Å². The Balaban J connectivity index is 2.04. The van der Waals surface area contributed by atoms with Crippen LogP contribution in [-0.2, 0) is 9.59 Å². The molecule has 4 N–H and O–H groups in total. The predicted octanol–water partition coefficient (Wildman–Crippen LogP) is 2.00. The molecule has 8 heteroatoms. The summed E-state index contributed by atoms with van der Waals surface area (Å²) in [5, 5.41) is 5.58. The Bertz CT molecular complexity index is 702. The van der Waals surface area contributed by atoms with E-state index in [1.54, 1.807) is 17.0 Å². The number of carbonyl (C=O) groups excluding carboxylic acids is 3. The third-order valence-electron chi connectivity index (χ3n) is 4.57. The zero-order valence-electron chi connectivity index (χ0n) is 15.8. The van der Waals surface area contributed by atoms with E-state index in [-0.39, 0.29) is 18.4 Å². The summed E-state index contributed by atoms with van der Waals surface area (Å²) < 4.78 is 0. The molecule has 1 heterocycles. The summed E-state index contributed by atoms with van der Waals surface area (Å²) in [6.45, 7) is 4.84. The highest BCUT2D eigenvalue weighted by Crippen LogP contribution is 2.24. The van der Waals surface area contributed by atoms with Gasteiger partial charge in [0.25, 0.3) is 5.91 Å². The number of likely N-dealkylation sites (tertiary alicyclic amines) is 1. The van der Waals surface area contributed by atoms with E-state index in [9.17, 15) is 14.4 Å². The molecule has 1 saturated heterocycles. The summed E-state index contributed by atoms with van der Waals surface area (Å²) >= 11 is 6.03. The lowest BCUT2D eigenvalue weighted by atomic mass is 10.1. The Labute approximate surface area is 164 Å². The van der Waals surface area contributed by atoms with Gasteiger partial charge in [-0.1, -0.05) is 25.4 Å². The highest BCUT2D eigenvalue weighted by molar-refractivity contribution is 6.31. The lowest BCUT2D eigenvalue weighted by Gasteiger charge is -2.27. The van der Waals surface area contributed by atoms with Crippen LogP contribution in [0.2, 0.25) is 5.02 Å². The van der Waals surface area contributed by atoms with Crippen molar-refractivity contribution in [1.29, 1.82) is 0 Å². The standard InChI is InChI=1S/C19H27ClN4O3/c1-12(2)17(21)18(26)22-11-16(25)23-15-10-13(20)6-7-14(15)19(27)24-8-4-3-5-9-24/h6-7,10,12,17H,3-5,8-9,11,21H2,1-2H3,(H,22,26)(H,23,25)/t17-/m0/s1. The van der Waals surface area contributed by atoms with Crippen molar-refractivity contribution in [2.75, 3.05) is 25.0 Å². The van der Waals surface area contributed by atoms with Gasteiger partial charge in [0.05, 0.1) is 23.8 Å². The van der Waals surface area contributed by atoms with Gasteiger partial charge < -0.3 is 21.3 Å². The van der Waals surface area contributed by atoms with Crippen LogP contribution in [-0.4, -0.2) is 48.3 Å². The van der Waals surface area contributed by atoms with Crippen molar-refractivity contribution in [2.24, 2.45) is 11.7 Å². The Hall–Kier alpha value is -2.12. The van der Waals surface area contributed by atoms with E-state index in [2.05, 4.69) is 10.6 Å². The largest absolute Gasteiger partial charge is 0.346 e. The number of nitrogens with two attached hydrogens (primary N) is 1. The number of rotatable bonds is 6. The zero-order valence-corrected chi connectivity index (χ0v) is 16.5. The average Bonchev–Trinajstić information content (AvgIpc) is 2.65. The molecule has 1 atom stereocenters. The molecule has 3 amide bonds. The third-order valence-corrected chi connectivity index (χ3v) is 4.81. The molecule has 1 aliphatic heterocycles. The first-order valence-electron chi connectivity index (χ1n) is 9.21. The van der Waals surface area contributed by atoms with Crippen LogP contribution in [0.1, 0.15) is 43.5 Å². The number of piperidine rings is 1. The number of hydrogen-bond donors (Lipinski definition) is 3. The fourth-order valence-corrected chi connectivity index (χ4v) is 3.03. The van der Waals surface area contributed by atoms with E-state index in [0.717, 1.165) is 19.3 Å². The predicted molar refractivity (Wildman–Crippen MR) is 106 cm³/mol. The second-order valence-corrected chi connectivity index (χ2v) is 7.51. The maximum atomic E-state index is 12.8. The number of carbonyl (C=O) groups is 3. The van der Waals surface area contributed by atoms with E-state index in [1.165, 1.54) is 6.07 Å². The molecule has 1 aliphatic rings. The molecule has 1 fully saturated rings. The van der Waals surface area contributed by atoms with Crippen LogP contribution in [0, 0.1) is 5.92 Å². The Morgan fingerprint density at radius 3 is 2.48 bits per heavy atom. The summed E-state index contributed by atoms with van der Waals surface area (Å²) in [7, 11) is 0. The summed E-state index contributed by atoms with van der Waals surface area (Å²) in [6.07, 6.45) is 3.07. The van der Waals surface area contributed by atoms with Crippen molar-refractivity contribution in [3.8, 4) is 0 Å². The quantitative estimate of drug-likeness (QED) is 0.686. The number of nitrogens with zero attached hydrogens (tertiary/aromatic N) is 1. The van der Waals surface area contributed by atoms with Crippen LogP contribution in [0.4, 0.5) is 5.69 Å². The molecule has 7 nitrogen and oxygen atoms in total. The molecule has 0 unspecified atom stereocenters. The SMILES string of the molecule is CC(C)[C@H](N)C(=O)NCC(=O)Nc1cc(Cl)ccc1C(=O)N1CCCCC1. The molecular formula is C19H27ClN4O3. The number of nitrogens with one attached hydrogen (secondary N) is 2. The Kier molecular flexibility index (Phi) is 7.62. The van der Waals surface area contributed by atoms with Gasteiger partial charge in [-0.05, 0) is 43.4 Å². The molecule has 0 aliphatic carbocycles. The van der Waals surface area contributed by atoms with Crippen LogP contribution in [0.25, 0.3) is 0 Å². The smallest absolute Gasteiger partial charge is 0.255 e. The lowest BCUT2D eigenvalue weighted by molar-refractivity contribution is -0.125. The third kappa shape index (κ3) is 5.94. The molecule has 1 aromatic rings. The molecule has 0 radical (unpaired) electrons. The zero-order chi connectivity index (χ0) is 20.0. The summed E-state index contributed by atoms with van der Waals surface area (Å²) in [4.78, 5) is 38.7. The second-order valence-electron chi connectivity index (χ2n) is 7.08. The first kappa shape index (κ1) is 21.2. The second kappa shape index (κ2) is 9.71. The number of anilines is 1. The van der Waals surface area contributed by atoms with Gasteiger partial charge in [-0.25, -0.2) is 0 Å². The minimum Gasteiger partial charge on any atom is -0.346 e. The van der Waals surface area contributed by atoms with E-state index in [1.807, 2.05) is 13.8 Å². The minimum absolute atomic E-state index is 0.0326. The van der Waals surface area contributed by atoms with Crippen molar-refractivity contribution in [3.05, 3.63) is 28.8 Å². The van der Waals surface area contributed by atoms with Gasteiger partial charge in [0, 0.05) is 18.1 Å². The summed E-state index contributed by atoms with van der Waals surface area (Å²) in [5.41, 5.74) is 6.48. The number of halogens is 1. The molecule has 0 spiro atoms. The van der Waals surface area contributed by atoms with E-state index in [4.69, 9.17) is 17.3 Å². The van der Waals surface area contributed by atoms with Gasteiger partial charge in [0.2, 0.25) is 11.8 Å². The van der Waals surface area contributed by atoms with Crippen LogP contribution in [0.3, 0.4) is 0 Å². The Morgan fingerprint density at radius 2 is 1.85 bits per heavy atom. The van der Waals surface area contributed by atoms with Crippen LogP contribution in [0.15, 0.2) is 18.2 Å². The van der Waals surface area contributed by atoms with Gasteiger partial charge in [-0.3, -0.25) is 14.4 Å². The van der Waals surface area contributed by atoms with Gasteiger partial charge in [0.15, 0.2) is 0 Å². The molecule has 0 saturated carbocycles. The van der Waals surface area contributed by atoms with Crippen LogP contribution < -0.4 is 16.4 Å². The maximum Gasteiger partial charge on any atom is 0.255 e. The highest BCUT2D eigenvalue weighted by atomic mass is 35.5. The summed E-state index contributed by atoms with van der Waals surface area (Å²) in [5.74, 6) is -1.01. The topological polar surface area (TPSA) is 105 Å². The molecule has 0 bridgehead atoms. The van der Waals surface area contributed by atoms with Crippen molar-refractivity contribution in [3.63, 3.8) is 0 Å². The molecule has 2 rings (SSSR count). The normalized spacial score (nSPS) is 15.4. The number of benzene rings is 1. The van der Waals surface area contributed by atoms with Crippen LogP contribution in [0.5, 0.6) is 0 Å². The fraction of sp³-hybridized carbons (Fsp3) is 0.526. The van der Waals surface area contributed by atoms with Crippen molar-refractivity contribution < 1.29 is 14.4 Å².